The van der Waals surface area contributed by atoms with E-state index < -0.39 is 29.0 Å². The molecule has 1 aromatic rings. The highest BCUT2D eigenvalue weighted by molar-refractivity contribution is 6.15. The molecule has 0 radical (unpaired) electrons. The van der Waals surface area contributed by atoms with Crippen LogP contribution < -0.4 is 0 Å². The molecule has 5 nitrogen and oxygen atoms in total. The number of nitrogens with zero attached hydrogens (tertiary/aromatic N) is 2. The number of hydrogen-bond donors (Lipinski definition) is 1. The molecular formula is C11H13F3N2O3. The maximum Gasteiger partial charge on any atom is 0.435 e. The molecule has 0 fully saturated rings. The molecule has 0 aliphatic heterocycles. The molecule has 0 unspecified atom stereocenters. The molecule has 8 heteroatoms. The smallest absolute Gasteiger partial charge is 0.435 e. The fourth-order valence-corrected chi connectivity index (χ4v) is 1.51. The minimum absolute atomic E-state index is 0.0979. The zero-order chi connectivity index (χ0) is 14.8. The molecule has 0 saturated carbocycles. The summed E-state index contributed by atoms with van der Waals surface area (Å²) in [5.41, 5.74) is -2.18. The van der Waals surface area contributed by atoms with Crippen LogP contribution in [0.1, 0.15) is 23.9 Å². The fourth-order valence-electron chi connectivity index (χ4n) is 1.51. The van der Waals surface area contributed by atoms with Crippen molar-refractivity contribution < 1.29 is 27.8 Å². The first-order valence-electron chi connectivity index (χ1n) is 5.36. The van der Waals surface area contributed by atoms with Crippen LogP contribution in [0, 0.1) is 6.92 Å². The van der Waals surface area contributed by atoms with Gasteiger partial charge in [0.15, 0.2) is 5.69 Å². The summed E-state index contributed by atoms with van der Waals surface area (Å²) in [5, 5.41) is 12.3. The summed E-state index contributed by atoms with van der Waals surface area (Å²) in [6.45, 7) is 3.11. The number of halogens is 3. The van der Waals surface area contributed by atoms with Crippen LogP contribution in [0.5, 0.6) is 0 Å². The lowest BCUT2D eigenvalue weighted by atomic mass is 10.0. The topological polar surface area (TPSA) is 64.3 Å². The Morgan fingerprint density at radius 3 is 2.53 bits per heavy atom. The maximum absolute atomic E-state index is 12.9. The highest BCUT2D eigenvalue weighted by atomic mass is 19.4. The first-order chi connectivity index (χ1) is 8.70. The maximum atomic E-state index is 12.9. The molecule has 0 aromatic carbocycles. The van der Waals surface area contributed by atoms with Crippen molar-refractivity contribution in [2.24, 2.45) is 7.05 Å². The second kappa shape index (κ2) is 5.33. The minimum atomic E-state index is -4.73. The van der Waals surface area contributed by atoms with Crippen LogP contribution in [0.15, 0.2) is 6.26 Å². The van der Waals surface area contributed by atoms with Gasteiger partial charge in [-0.05, 0) is 13.8 Å². The van der Waals surface area contributed by atoms with Crippen molar-refractivity contribution in [2.45, 2.75) is 20.0 Å². The third kappa shape index (κ3) is 3.07. The molecule has 0 aliphatic rings. The van der Waals surface area contributed by atoms with E-state index in [4.69, 9.17) is 9.84 Å². The summed E-state index contributed by atoms with van der Waals surface area (Å²) in [6, 6.07) is 0. The molecule has 0 amide bonds. The lowest BCUT2D eigenvalue weighted by molar-refractivity contribution is -0.141. The van der Waals surface area contributed by atoms with E-state index in [1.807, 2.05) is 0 Å². The number of hydrogen-bond acceptors (Lipinski definition) is 3. The Morgan fingerprint density at radius 1 is 1.53 bits per heavy atom. The number of aliphatic carboxylic acids is 1. The van der Waals surface area contributed by atoms with Crippen LogP contribution in [0.4, 0.5) is 13.2 Å². The second-order valence-electron chi connectivity index (χ2n) is 3.72. The van der Waals surface area contributed by atoms with Gasteiger partial charge in [0.05, 0.1) is 12.9 Å². The van der Waals surface area contributed by atoms with Crippen LogP contribution in [-0.2, 0) is 22.8 Å². The summed E-state index contributed by atoms with van der Waals surface area (Å²) < 4.78 is 44.3. The van der Waals surface area contributed by atoms with Crippen molar-refractivity contribution in [2.75, 3.05) is 6.61 Å². The normalized spacial score (nSPS) is 12.6. The summed E-state index contributed by atoms with van der Waals surface area (Å²) in [5.74, 6) is -1.50. The van der Waals surface area contributed by atoms with Crippen LogP contribution in [0.25, 0.3) is 5.57 Å². The lowest BCUT2D eigenvalue weighted by Gasteiger charge is -2.08. The van der Waals surface area contributed by atoms with Crippen LogP contribution in [-0.4, -0.2) is 27.5 Å². The molecule has 0 bridgehead atoms. The van der Waals surface area contributed by atoms with Crippen molar-refractivity contribution in [1.29, 1.82) is 0 Å². The van der Waals surface area contributed by atoms with Gasteiger partial charge < -0.3 is 9.84 Å². The quantitative estimate of drug-likeness (QED) is 0.677. The molecule has 0 spiro atoms. The number of alkyl halides is 3. The third-order valence-electron chi connectivity index (χ3n) is 2.47. The van der Waals surface area contributed by atoms with E-state index in [9.17, 15) is 18.0 Å². The van der Waals surface area contributed by atoms with E-state index in [0.717, 1.165) is 10.9 Å². The van der Waals surface area contributed by atoms with Crippen LogP contribution in [0.2, 0.25) is 0 Å². The largest absolute Gasteiger partial charge is 0.501 e. The Morgan fingerprint density at radius 2 is 2.11 bits per heavy atom. The highest BCUT2D eigenvalue weighted by Crippen LogP contribution is 2.35. The zero-order valence-electron chi connectivity index (χ0n) is 10.6. The summed E-state index contributed by atoms with van der Waals surface area (Å²) in [7, 11) is 1.31. The van der Waals surface area contributed by atoms with E-state index in [2.05, 4.69) is 5.10 Å². The van der Waals surface area contributed by atoms with Crippen LogP contribution >= 0.6 is 0 Å². The van der Waals surface area contributed by atoms with Crippen molar-refractivity contribution in [3.05, 3.63) is 23.2 Å². The number of carboxylic acid groups (broad SMARTS) is 1. The van der Waals surface area contributed by atoms with Crippen molar-refractivity contribution >= 4 is 11.5 Å². The Bertz CT molecular complexity index is 518. The van der Waals surface area contributed by atoms with Gasteiger partial charge in [-0.1, -0.05) is 0 Å². The summed E-state index contributed by atoms with van der Waals surface area (Å²) >= 11 is 0. The molecule has 0 atom stereocenters. The second-order valence-corrected chi connectivity index (χ2v) is 3.72. The number of aryl methyl sites for hydroxylation is 1. The summed E-state index contributed by atoms with van der Waals surface area (Å²) in [6.07, 6.45) is -3.93. The Kier molecular flexibility index (Phi) is 4.23. The molecule has 1 aromatic heterocycles. The first kappa shape index (κ1) is 15.1. The molecular weight excluding hydrogens is 265 g/mol. The number of carboxylic acids is 1. The molecule has 106 valence electrons. The Balaban J connectivity index is 3.50. The standard InChI is InChI=1S/C11H13F3N2O3/c1-4-19-5-7(10(17)18)8-6(2)16(3)15-9(8)11(12,13)14/h5H,4H2,1-3H3,(H,17,18)/b7-5-. The first-order valence-corrected chi connectivity index (χ1v) is 5.36. The SMILES string of the molecule is CCO/C=C(\C(=O)O)c1c(C(F)(F)F)nn(C)c1C. The van der Waals surface area contributed by atoms with E-state index >= 15 is 0 Å². The Labute approximate surface area is 107 Å². The predicted molar refractivity (Wildman–Crippen MR) is 60.2 cm³/mol. The van der Waals surface area contributed by atoms with Gasteiger partial charge in [-0.2, -0.15) is 18.3 Å². The molecule has 0 aliphatic carbocycles. The predicted octanol–water partition coefficient (Wildman–Crippen LogP) is 2.21. The average Bonchev–Trinajstić information content (AvgIpc) is 2.57. The van der Waals surface area contributed by atoms with Gasteiger partial charge in [-0.3, -0.25) is 4.68 Å². The molecule has 1 rings (SSSR count). The van der Waals surface area contributed by atoms with Crippen molar-refractivity contribution in [3.8, 4) is 0 Å². The third-order valence-corrected chi connectivity index (χ3v) is 2.47. The monoisotopic (exact) mass is 278 g/mol. The number of aromatic nitrogens is 2. The van der Waals surface area contributed by atoms with Gasteiger partial charge in [0.2, 0.25) is 0 Å². The fraction of sp³-hybridized carbons (Fsp3) is 0.455. The van der Waals surface area contributed by atoms with Gasteiger partial charge in [0.1, 0.15) is 5.57 Å². The van der Waals surface area contributed by atoms with Gasteiger partial charge in [-0.25, -0.2) is 4.79 Å². The lowest BCUT2D eigenvalue weighted by Crippen LogP contribution is -2.12. The zero-order valence-corrected chi connectivity index (χ0v) is 10.6. The summed E-state index contributed by atoms with van der Waals surface area (Å²) in [4.78, 5) is 11.1. The van der Waals surface area contributed by atoms with E-state index in [1.54, 1.807) is 6.92 Å². The van der Waals surface area contributed by atoms with Gasteiger partial charge in [0, 0.05) is 18.3 Å². The van der Waals surface area contributed by atoms with Gasteiger partial charge >= 0.3 is 12.1 Å². The molecule has 19 heavy (non-hydrogen) atoms. The van der Waals surface area contributed by atoms with E-state index in [1.165, 1.54) is 14.0 Å². The van der Waals surface area contributed by atoms with Crippen molar-refractivity contribution in [3.63, 3.8) is 0 Å². The van der Waals surface area contributed by atoms with Crippen LogP contribution in [0.3, 0.4) is 0 Å². The minimum Gasteiger partial charge on any atom is -0.501 e. The highest BCUT2D eigenvalue weighted by Gasteiger charge is 2.40. The van der Waals surface area contributed by atoms with Crippen molar-refractivity contribution in [1.82, 2.24) is 9.78 Å². The number of carbonyl (C=O) groups is 1. The number of ether oxygens (including phenoxy) is 1. The average molecular weight is 278 g/mol. The molecule has 1 N–H and O–H groups in total. The van der Waals surface area contributed by atoms with E-state index in [0.29, 0.717) is 0 Å². The van der Waals surface area contributed by atoms with Gasteiger partial charge in [-0.15, -0.1) is 0 Å². The Hall–Kier alpha value is -1.99. The molecule has 0 saturated heterocycles. The molecule has 1 heterocycles. The van der Waals surface area contributed by atoms with Gasteiger partial charge in [0.25, 0.3) is 0 Å². The van der Waals surface area contributed by atoms with E-state index in [-0.39, 0.29) is 12.3 Å². The number of rotatable bonds is 4.